The van der Waals surface area contributed by atoms with Crippen LogP contribution < -0.4 is 5.32 Å². The smallest absolute Gasteiger partial charge is 0.226 e. The van der Waals surface area contributed by atoms with Crippen LogP contribution in [0.5, 0.6) is 0 Å². The molecule has 0 aliphatic heterocycles. The van der Waals surface area contributed by atoms with Gasteiger partial charge in [0.1, 0.15) is 5.52 Å². The largest absolute Gasteiger partial charge is 0.365 e. The lowest BCUT2D eigenvalue weighted by atomic mass is 10.3. The average molecular weight is 252 g/mol. The quantitative estimate of drug-likeness (QED) is 0.671. The number of aromatic nitrogens is 4. The van der Waals surface area contributed by atoms with Crippen LogP contribution in [0.3, 0.4) is 0 Å². The van der Waals surface area contributed by atoms with Crippen molar-refractivity contribution in [3.05, 3.63) is 24.3 Å². The highest BCUT2D eigenvalue weighted by Gasteiger charge is 2.13. The third-order valence-electron chi connectivity index (χ3n) is 2.37. The first kappa shape index (κ1) is 11.9. The number of nitrogens with zero attached hydrogens (tertiary/aromatic N) is 4. The summed E-state index contributed by atoms with van der Waals surface area (Å²) >= 11 is 5.85. The Hall–Kier alpha value is -1.62. The van der Waals surface area contributed by atoms with Crippen LogP contribution in [0.25, 0.3) is 11.2 Å². The number of imidazole rings is 1. The Bertz CT molecular complexity index is 546. The van der Waals surface area contributed by atoms with E-state index in [0.717, 1.165) is 5.52 Å². The summed E-state index contributed by atoms with van der Waals surface area (Å²) in [6.45, 7) is 8.43. The van der Waals surface area contributed by atoms with E-state index in [9.17, 15) is 0 Å². The van der Waals surface area contributed by atoms with Crippen molar-refractivity contribution < 1.29 is 0 Å². The average Bonchev–Trinajstić information content (AvgIpc) is 2.69. The highest BCUT2D eigenvalue weighted by Crippen LogP contribution is 2.24. The minimum atomic E-state index is 0.193. The van der Waals surface area contributed by atoms with Gasteiger partial charge in [0.2, 0.25) is 5.28 Å². The van der Waals surface area contributed by atoms with Crippen molar-refractivity contribution in [1.29, 1.82) is 0 Å². The lowest BCUT2D eigenvalue weighted by Crippen LogP contribution is -2.06. The van der Waals surface area contributed by atoms with Crippen LogP contribution in [-0.2, 0) is 0 Å². The summed E-state index contributed by atoms with van der Waals surface area (Å²) in [6.07, 6.45) is 3.51. The van der Waals surface area contributed by atoms with E-state index in [-0.39, 0.29) is 11.3 Å². The number of hydrogen-bond acceptors (Lipinski definition) is 4. The first-order chi connectivity index (χ1) is 8.13. The highest BCUT2D eigenvalue weighted by atomic mass is 35.5. The van der Waals surface area contributed by atoms with E-state index in [2.05, 4.69) is 40.7 Å². The SMILES string of the molecule is C=CCNc1nc(Cl)nc2ncn(C(C)C)c12. The van der Waals surface area contributed by atoms with Crippen molar-refractivity contribution in [2.24, 2.45) is 0 Å². The monoisotopic (exact) mass is 251 g/mol. The molecule has 0 fully saturated rings. The van der Waals surface area contributed by atoms with E-state index in [1.54, 1.807) is 12.4 Å². The molecule has 1 N–H and O–H groups in total. The molecule has 0 aliphatic rings. The van der Waals surface area contributed by atoms with Crippen molar-refractivity contribution >= 4 is 28.6 Å². The van der Waals surface area contributed by atoms with Crippen molar-refractivity contribution in [1.82, 2.24) is 19.5 Å². The van der Waals surface area contributed by atoms with Crippen molar-refractivity contribution in [2.75, 3.05) is 11.9 Å². The molecule has 90 valence electrons. The molecule has 0 radical (unpaired) electrons. The van der Waals surface area contributed by atoms with Gasteiger partial charge >= 0.3 is 0 Å². The number of rotatable bonds is 4. The normalized spacial score (nSPS) is 11.1. The molecule has 0 unspecified atom stereocenters. The number of fused-ring (bicyclic) bond motifs is 1. The molecule has 2 aromatic heterocycles. The maximum Gasteiger partial charge on any atom is 0.226 e. The van der Waals surface area contributed by atoms with Gasteiger partial charge in [0, 0.05) is 12.6 Å². The molecule has 2 rings (SSSR count). The number of anilines is 1. The summed E-state index contributed by atoms with van der Waals surface area (Å²) in [4.78, 5) is 12.5. The van der Waals surface area contributed by atoms with E-state index in [0.29, 0.717) is 18.0 Å². The zero-order valence-corrected chi connectivity index (χ0v) is 10.6. The maximum absolute atomic E-state index is 5.85. The molecular formula is C11H14ClN5. The van der Waals surface area contributed by atoms with Crippen LogP contribution >= 0.6 is 11.6 Å². The molecule has 2 aromatic rings. The molecule has 2 heterocycles. The first-order valence-corrected chi connectivity index (χ1v) is 5.76. The zero-order valence-electron chi connectivity index (χ0n) is 9.81. The van der Waals surface area contributed by atoms with E-state index >= 15 is 0 Å². The third-order valence-corrected chi connectivity index (χ3v) is 2.54. The lowest BCUT2D eigenvalue weighted by Gasteiger charge is -2.11. The van der Waals surface area contributed by atoms with Gasteiger partial charge < -0.3 is 9.88 Å². The van der Waals surface area contributed by atoms with Gasteiger partial charge in [-0.3, -0.25) is 0 Å². The van der Waals surface area contributed by atoms with Gasteiger partial charge in [-0.1, -0.05) is 6.08 Å². The Kier molecular flexibility index (Phi) is 3.28. The number of halogens is 1. The summed E-state index contributed by atoms with van der Waals surface area (Å²) < 4.78 is 2.01. The van der Waals surface area contributed by atoms with E-state index in [4.69, 9.17) is 11.6 Å². The molecule has 0 saturated heterocycles. The molecular weight excluding hydrogens is 238 g/mol. The Labute approximate surface area is 105 Å². The number of hydrogen-bond donors (Lipinski definition) is 1. The summed E-state index contributed by atoms with van der Waals surface area (Å²) in [6, 6.07) is 0.286. The van der Waals surface area contributed by atoms with Gasteiger partial charge in [-0.25, -0.2) is 4.98 Å². The molecule has 0 bridgehead atoms. The van der Waals surface area contributed by atoms with E-state index < -0.39 is 0 Å². The van der Waals surface area contributed by atoms with E-state index in [1.165, 1.54) is 0 Å². The summed E-state index contributed by atoms with van der Waals surface area (Å²) in [5.41, 5.74) is 1.47. The van der Waals surface area contributed by atoms with Gasteiger partial charge in [-0.2, -0.15) is 9.97 Å². The third kappa shape index (κ3) is 2.24. The maximum atomic E-state index is 5.85. The standard InChI is InChI=1S/C11H14ClN5/c1-4-5-13-9-8-10(16-11(12)15-9)14-6-17(8)7(2)3/h4,6-7H,1,5H2,2-3H3,(H,13,15,16). The second-order valence-corrected chi connectivity index (χ2v) is 4.27. The van der Waals surface area contributed by atoms with Gasteiger partial charge in [0.25, 0.3) is 0 Å². The van der Waals surface area contributed by atoms with Gasteiger partial charge in [0.05, 0.1) is 6.33 Å². The van der Waals surface area contributed by atoms with Crippen LogP contribution in [-0.4, -0.2) is 26.1 Å². The lowest BCUT2D eigenvalue weighted by molar-refractivity contribution is 0.617. The minimum absolute atomic E-state index is 0.193. The first-order valence-electron chi connectivity index (χ1n) is 5.38. The van der Waals surface area contributed by atoms with Crippen LogP contribution in [0.15, 0.2) is 19.0 Å². The fraction of sp³-hybridized carbons (Fsp3) is 0.364. The molecule has 0 amide bonds. The predicted molar refractivity (Wildman–Crippen MR) is 69.4 cm³/mol. The zero-order chi connectivity index (χ0) is 12.4. The predicted octanol–water partition coefficient (Wildman–Crippen LogP) is 2.66. The van der Waals surface area contributed by atoms with Crippen LogP contribution in [0.2, 0.25) is 5.28 Å². The Morgan fingerprint density at radius 2 is 2.29 bits per heavy atom. The second kappa shape index (κ2) is 4.71. The van der Waals surface area contributed by atoms with Gasteiger partial charge in [-0.15, -0.1) is 6.58 Å². The second-order valence-electron chi connectivity index (χ2n) is 3.93. The summed E-state index contributed by atoms with van der Waals surface area (Å²) in [7, 11) is 0. The molecule has 0 saturated carbocycles. The van der Waals surface area contributed by atoms with Gasteiger partial charge in [-0.05, 0) is 25.4 Å². The number of nitrogens with one attached hydrogen (secondary N) is 1. The summed E-state index contributed by atoms with van der Waals surface area (Å²) in [5.74, 6) is 0.686. The molecule has 0 aromatic carbocycles. The van der Waals surface area contributed by atoms with Crippen molar-refractivity contribution in [3.8, 4) is 0 Å². The Balaban J connectivity index is 2.60. The van der Waals surface area contributed by atoms with E-state index in [1.807, 2.05) is 4.57 Å². The van der Waals surface area contributed by atoms with Gasteiger partial charge in [0.15, 0.2) is 11.5 Å². The fourth-order valence-electron chi connectivity index (χ4n) is 1.60. The van der Waals surface area contributed by atoms with Crippen molar-refractivity contribution in [2.45, 2.75) is 19.9 Å². The minimum Gasteiger partial charge on any atom is -0.365 e. The van der Waals surface area contributed by atoms with Crippen LogP contribution in [0.1, 0.15) is 19.9 Å². The van der Waals surface area contributed by atoms with Crippen LogP contribution in [0, 0.1) is 0 Å². The van der Waals surface area contributed by atoms with Crippen LogP contribution in [0.4, 0.5) is 5.82 Å². The highest BCUT2D eigenvalue weighted by molar-refractivity contribution is 6.28. The fourth-order valence-corrected chi connectivity index (χ4v) is 1.77. The topological polar surface area (TPSA) is 55.6 Å². The van der Waals surface area contributed by atoms with Crippen molar-refractivity contribution in [3.63, 3.8) is 0 Å². The Morgan fingerprint density at radius 3 is 2.94 bits per heavy atom. The molecule has 0 aliphatic carbocycles. The molecule has 17 heavy (non-hydrogen) atoms. The Morgan fingerprint density at radius 1 is 1.53 bits per heavy atom. The molecule has 0 atom stereocenters. The molecule has 6 heteroatoms. The molecule has 5 nitrogen and oxygen atoms in total. The molecule has 0 spiro atoms. The summed E-state index contributed by atoms with van der Waals surface area (Å²) in [5, 5.41) is 3.34.